The van der Waals surface area contributed by atoms with Gasteiger partial charge in [0.25, 0.3) is 0 Å². The molecule has 1 spiro atoms. The second-order valence-corrected chi connectivity index (χ2v) is 9.60. The van der Waals surface area contributed by atoms with Gasteiger partial charge in [-0.05, 0) is 58.1 Å². The third-order valence-corrected chi connectivity index (χ3v) is 6.05. The Hall–Kier alpha value is -2.70. The van der Waals surface area contributed by atoms with Crippen LogP contribution in [0.1, 0.15) is 58.1 Å². The fourth-order valence-corrected chi connectivity index (χ4v) is 4.38. The highest BCUT2D eigenvalue weighted by molar-refractivity contribution is 6.10. The highest BCUT2D eigenvalue weighted by Gasteiger charge is 2.54. The van der Waals surface area contributed by atoms with Crippen molar-refractivity contribution in [3.8, 4) is 0 Å². The van der Waals surface area contributed by atoms with E-state index in [1.165, 1.54) is 6.08 Å². The van der Waals surface area contributed by atoms with Gasteiger partial charge in [-0.3, -0.25) is 14.3 Å². The highest BCUT2D eigenvalue weighted by atomic mass is 16.6. The minimum absolute atomic E-state index is 0.112. The molecule has 1 saturated heterocycles. The molecular weight excluding hydrogens is 382 g/mol. The van der Waals surface area contributed by atoms with E-state index in [0.29, 0.717) is 6.54 Å². The summed E-state index contributed by atoms with van der Waals surface area (Å²) >= 11 is 0. The third kappa shape index (κ3) is 4.25. The van der Waals surface area contributed by atoms with E-state index in [0.717, 1.165) is 31.2 Å². The van der Waals surface area contributed by atoms with Crippen molar-refractivity contribution >= 4 is 17.7 Å². The van der Waals surface area contributed by atoms with E-state index in [2.05, 4.69) is 5.10 Å². The summed E-state index contributed by atoms with van der Waals surface area (Å²) in [6.07, 6.45) is 13.7. The Labute approximate surface area is 176 Å². The lowest BCUT2D eigenvalue weighted by atomic mass is 9.92. The summed E-state index contributed by atoms with van der Waals surface area (Å²) < 4.78 is 7.52. The minimum atomic E-state index is -0.690. The van der Waals surface area contributed by atoms with Crippen LogP contribution in [0.3, 0.4) is 0 Å². The largest absolute Gasteiger partial charge is 0.444 e. The summed E-state index contributed by atoms with van der Waals surface area (Å²) in [5.74, 6) is -0.969. The molecule has 2 heterocycles. The molecule has 0 N–H and O–H groups in total. The number of rotatable bonds is 4. The van der Waals surface area contributed by atoms with Crippen molar-refractivity contribution < 1.29 is 19.1 Å². The molecule has 1 aromatic heterocycles. The van der Waals surface area contributed by atoms with Gasteiger partial charge in [-0.25, -0.2) is 4.79 Å². The molecule has 2 unspecified atom stereocenters. The third-order valence-electron chi connectivity index (χ3n) is 6.05. The number of likely N-dealkylation sites (tertiary alicyclic amines) is 1. The number of carbonyl (C=O) groups excluding carboxylic acids is 3. The average Bonchev–Trinajstić information content (AvgIpc) is 3.25. The van der Waals surface area contributed by atoms with Gasteiger partial charge < -0.3 is 9.64 Å². The molecule has 2 aliphatic carbocycles. The molecule has 1 amide bonds. The number of ether oxygens (including phenoxy) is 1. The molecule has 0 bridgehead atoms. The van der Waals surface area contributed by atoms with E-state index >= 15 is 0 Å². The monoisotopic (exact) mass is 411 g/mol. The number of amides is 1. The number of hydrogen-bond acceptors (Lipinski definition) is 5. The second-order valence-electron chi connectivity index (χ2n) is 9.60. The normalized spacial score (nSPS) is 24.9. The Morgan fingerprint density at radius 3 is 2.70 bits per heavy atom. The molecule has 2 fully saturated rings. The molecule has 4 rings (SSSR count). The number of carbonyl (C=O) groups is 3. The van der Waals surface area contributed by atoms with Gasteiger partial charge in [-0.1, -0.05) is 18.2 Å². The first-order valence-electron chi connectivity index (χ1n) is 10.6. The molecule has 0 aromatic carbocycles. The van der Waals surface area contributed by atoms with Crippen molar-refractivity contribution in [1.82, 2.24) is 14.7 Å². The van der Waals surface area contributed by atoms with E-state index in [9.17, 15) is 14.4 Å². The zero-order chi connectivity index (χ0) is 21.5. The van der Waals surface area contributed by atoms with Crippen molar-refractivity contribution in [2.45, 2.75) is 70.1 Å². The van der Waals surface area contributed by atoms with Crippen LogP contribution in [-0.2, 0) is 20.7 Å². The van der Waals surface area contributed by atoms with Gasteiger partial charge in [-0.2, -0.15) is 5.10 Å². The Morgan fingerprint density at radius 1 is 1.27 bits per heavy atom. The summed E-state index contributed by atoms with van der Waals surface area (Å²) in [5.41, 5.74) is 0.187. The zero-order valence-corrected chi connectivity index (χ0v) is 17.8. The summed E-state index contributed by atoms with van der Waals surface area (Å²) in [5, 5.41) is 4.49. The molecule has 0 radical (unpaired) electrons. The fourth-order valence-electron chi connectivity index (χ4n) is 4.38. The average molecular weight is 412 g/mol. The van der Waals surface area contributed by atoms with E-state index in [1.54, 1.807) is 24.4 Å². The van der Waals surface area contributed by atoms with Gasteiger partial charge in [-0.15, -0.1) is 0 Å². The number of allylic oxidation sites excluding steroid dienone is 4. The topological polar surface area (TPSA) is 81.5 Å². The highest BCUT2D eigenvalue weighted by Crippen LogP contribution is 2.51. The summed E-state index contributed by atoms with van der Waals surface area (Å²) in [6.45, 7) is 6.30. The Bertz CT molecular complexity index is 917. The predicted molar refractivity (Wildman–Crippen MR) is 111 cm³/mol. The lowest BCUT2D eigenvalue weighted by molar-refractivity contribution is -0.128. The Morgan fingerprint density at radius 2 is 2.03 bits per heavy atom. The first-order valence-corrected chi connectivity index (χ1v) is 10.6. The van der Waals surface area contributed by atoms with Crippen LogP contribution in [0, 0.1) is 5.92 Å². The van der Waals surface area contributed by atoms with Crippen molar-refractivity contribution in [3.05, 3.63) is 42.3 Å². The maximum atomic E-state index is 12.6. The van der Waals surface area contributed by atoms with Crippen LogP contribution in [-0.4, -0.2) is 50.0 Å². The maximum Gasteiger partial charge on any atom is 0.410 e. The van der Waals surface area contributed by atoms with Crippen LogP contribution in [0.2, 0.25) is 0 Å². The van der Waals surface area contributed by atoms with Gasteiger partial charge >= 0.3 is 6.09 Å². The number of nitrogens with zero attached hydrogens (tertiary/aromatic N) is 3. The number of hydrogen-bond donors (Lipinski definition) is 0. The molecule has 1 saturated carbocycles. The fraction of sp³-hybridized carbons (Fsp3) is 0.565. The Kier molecular flexibility index (Phi) is 5.16. The van der Waals surface area contributed by atoms with E-state index in [-0.39, 0.29) is 35.7 Å². The van der Waals surface area contributed by atoms with Gasteiger partial charge in [0.2, 0.25) is 0 Å². The second kappa shape index (κ2) is 7.52. The van der Waals surface area contributed by atoms with Gasteiger partial charge in [0.05, 0.1) is 18.2 Å². The van der Waals surface area contributed by atoms with E-state index in [1.807, 2.05) is 36.5 Å². The first-order chi connectivity index (χ1) is 14.2. The van der Waals surface area contributed by atoms with Crippen LogP contribution in [0.25, 0.3) is 0 Å². The number of Topliss-reactive ketones (excluding diaryl/α,β-unsaturated/α-hetero) is 1. The zero-order valence-electron chi connectivity index (χ0n) is 17.8. The standard InChI is InChI=1S/C23H29N3O4/c1-22(2,3)30-21(29)25-11-8-17(13-23(25)9-10-23)26-15-16(14-24-26)12-20(28)18-6-4-5-7-19(18)27/h4-7,14-15,17-18H,8-13H2,1-3H3. The predicted octanol–water partition coefficient (Wildman–Crippen LogP) is 3.41. The Balaban J connectivity index is 1.39. The van der Waals surface area contributed by atoms with Crippen LogP contribution in [0.5, 0.6) is 0 Å². The van der Waals surface area contributed by atoms with Gasteiger partial charge in [0.1, 0.15) is 5.60 Å². The molecule has 1 aromatic rings. The molecule has 160 valence electrons. The van der Waals surface area contributed by atoms with Crippen molar-refractivity contribution in [2.24, 2.45) is 5.92 Å². The molecule has 30 heavy (non-hydrogen) atoms. The molecular formula is C23H29N3O4. The summed E-state index contributed by atoms with van der Waals surface area (Å²) in [6, 6.07) is 0.189. The van der Waals surface area contributed by atoms with E-state index in [4.69, 9.17) is 4.74 Å². The molecule has 7 heteroatoms. The first kappa shape index (κ1) is 20.6. The molecule has 7 nitrogen and oxygen atoms in total. The van der Waals surface area contributed by atoms with Crippen molar-refractivity contribution in [3.63, 3.8) is 0 Å². The summed E-state index contributed by atoms with van der Waals surface area (Å²) in [7, 11) is 0. The number of ketones is 2. The smallest absolute Gasteiger partial charge is 0.410 e. The number of piperidine rings is 1. The lowest BCUT2D eigenvalue weighted by Crippen LogP contribution is -2.50. The molecule has 2 atom stereocenters. The van der Waals surface area contributed by atoms with Crippen LogP contribution >= 0.6 is 0 Å². The van der Waals surface area contributed by atoms with Crippen LogP contribution in [0.4, 0.5) is 4.79 Å². The van der Waals surface area contributed by atoms with Crippen molar-refractivity contribution in [2.75, 3.05) is 6.54 Å². The van der Waals surface area contributed by atoms with Crippen LogP contribution < -0.4 is 0 Å². The minimum Gasteiger partial charge on any atom is -0.444 e. The SMILES string of the molecule is CC(C)(C)OC(=O)N1CCC(n2cc(CC(=O)C3C=CC=CC3=O)cn2)CC12CC2. The van der Waals surface area contributed by atoms with E-state index < -0.39 is 11.5 Å². The van der Waals surface area contributed by atoms with Crippen molar-refractivity contribution in [1.29, 1.82) is 0 Å². The van der Waals surface area contributed by atoms with Crippen LogP contribution in [0.15, 0.2) is 36.7 Å². The van der Waals surface area contributed by atoms with Gasteiger partial charge in [0.15, 0.2) is 11.6 Å². The lowest BCUT2D eigenvalue weighted by Gasteiger charge is -2.40. The quantitative estimate of drug-likeness (QED) is 0.709. The summed E-state index contributed by atoms with van der Waals surface area (Å²) in [4.78, 5) is 38.9. The molecule has 1 aliphatic heterocycles. The maximum absolute atomic E-state index is 12.6. The van der Waals surface area contributed by atoms with Gasteiger partial charge in [0, 0.05) is 24.7 Å². The molecule has 3 aliphatic rings. The number of aromatic nitrogens is 2.